The molecule has 0 aromatic rings. The van der Waals surface area contributed by atoms with Crippen LogP contribution in [0.15, 0.2) is 17.3 Å². The van der Waals surface area contributed by atoms with E-state index in [9.17, 15) is 0 Å². The van der Waals surface area contributed by atoms with Gasteiger partial charge in [-0.05, 0) is 6.08 Å². The largest absolute Gasteiger partial charge is 0.387 e. The third-order valence-corrected chi connectivity index (χ3v) is 1.15. The minimum atomic E-state index is -0.0671. The monoisotopic (exact) mass is 121 g/mol. The van der Waals surface area contributed by atoms with Gasteiger partial charge in [-0.15, -0.1) is 0 Å². The van der Waals surface area contributed by atoms with E-state index in [-0.39, 0.29) is 5.92 Å². The molecule has 0 bridgehead atoms. The summed E-state index contributed by atoms with van der Waals surface area (Å²) in [4.78, 5) is 3.79. The highest BCUT2D eigenvalue weighted by Crippen LogP contribution is 2.07. The third-order valence-electron chi connectivity index (χ3n) is 1.15. The van der Waals surface area contributed by atoms with Gasteiger partial charge in [-0.25, -0.2) is 4.99 Å². The molecule has 46 valence electrons. The molecule has 0 amide bonds. The molecule has 1 aliphatic rings. The van der Waals surface area contributed by atoms with E-state index < -0.39 is 0 Å². The van der Waals surface area contributed by atoms with Gasteiger partial charge in [-0.3, -0.25) is 0 Å². The quantitative estimate of drug-likeness (QED) is 0.504. The van der Waals surface area contributed by atoms with Crippen molar-refractivity contribution in [1.29, 1.82) is 5.26 Å². The Labute approximate surface area is 53.5 Å². The summed E-state index contributed by atoms with van der Waals surface area (Å²) in [5.41, 5.74) is 5.35. The van der Waals surface area contributed by atoms with Gasteiger partial charge in [-0.1, -0.05) is 0 Å². The van der Waals surface area contributed by atoms with Crippen molar-refractivity contribution in [3.63, 3.8) is 0 Å². The maximum absolute atomic E-state index is 8.40. The summed E-state index contributed by atoms with van der Waals surface area (Å²) in [6.07, 6.45) is 3.90. The summed E-state index contributed by atoms with van der Waals surface area (Å²) in [7, 11) is 0. The van der Waals surface area contributed by atoms with Crippen LogP contribution in [-0.4, -0.2) is 5.84 Å². The lowest BCUT2D eigenvalue weighted by molar-refractivity contribution is 0.852. The van der Waals surface area contributed by atoms with Crippen molar-refractivity contribution in [2.45, 2.75) is 6.42 Å². The Bertz CT molecular complexity index is 197. The summed E-state index contributed by atoms with van der Waals surface area (Å²) < 4.78 is 0. The Kier molecular flexibility index (Phi) is 1.50. The standard InChI is InChI=1S/C6H7N3/c7-4-5-1-2-9-6(8)3-5/h1-2,5H,3H2,(H2,8,9). The fourth-order valence-corrected chi connectivity index (χ4v) is 0.677. The second-order valence-electron chi connectivity index (χ2n) is 1.90. The lowest BCUT2D eigenvalue weighted by atomic mass is 10.1. The van der Waals surface area contributed by atoms with Gasteiger partial charge in [0.2, 0.25) is 0 Å². The molecule has 1 rings (SSSR count). The lowest BCUT2D eigenvalue weighted by Gasteiger charge is -2.05. The van der Waals surface area contributed by atoms with E-state index in [1.165, 1.54) is 0 Å². The molecule has 9 heavy (non-hydrogen) atoms. The first-order valence-corrected chi connectivity index (χ1v) is 2.71. The van der Waals surface area contributed by atoms with Crippen molar-refractivity contribution in [2.75, 3.05) is 0 Å². The number of hydrogen-bond donors (Lipinski definition) is 1. The van der Waals surface area contributed by atoms with Crippen molar-refractivity contribution in [3.05, 3.63) is 12.3 Å². The van der Waals surface area contributed by atoms with Crippen LogP contribution in [0.1, 0.15) is 6.42 Å². The molecule has 0 aromatic heterocycles. The van der Waals surface area contributed by atoms with Gasteiger partial charge in [0.05, 0.1) is 12.0 Å². The van der Waals surface area contributed by atoms with Crippen molar-refractivity contribution in [2.24, 2.45) is 16.6 Å². The van der Waals surface area contributed by atoms with E-state index in [2.05, 4.69) is 11.1 Å². The van der Waals surface area contributed by atoms with Crippen LogP contribution in [0.4, 0.5) is 0 Å². The highest BCUT2D eigenvalue weighted by Gasteiger charge is 2.07. The topological polar surface area (TPSA) is 62.2 Å². The number of nitrogens with two attached hydrogens (primary N) is 1. The van der Waals surface area contributed by atoms with Gasteiger partial charge in [0.15, 0.2) is 0 Å². The highest BCUT2D eigenvalue weighted by molar-refractivity contribution is 5.82. The molecule has 0 spiro atoms. The zero-order valence-corrected chi connectivity index (χ0v) is 4.91. The highest BCUT2D eigenvalue weighted by atomic mass is 14.8. The molecule has 3 nitrogen and oxygen atoms in total. The lowest BCUT2D eigenvalue weighted by Crippen LogP contribution is -2.16. The van der Waals surface area contributed by atoms with Crippen molar-refractivity contribution < 1.29 is 0 Å². The van der Waals surface area contributed by atoms with Crippen LogP contribution >= 0.6 is 0 Å². The van der Waals surface area contributed by atoms with Gasteiger partial charge in [-0.2, -0.15) is 5.26 Å². The van der Waals surface area contributed by atoms with E-state index in [0.717, 1.165) is 0 Å². The second-order valence-corrected chi connectivity index (χ2v) is 1.90. The predicted octanol–water partition coefficient (Wildman–Crippen LogP) is 0.401. The van der Waals surface area contributed by atoms with Crippen LogP contribution in [-0.2, 0) is 0 Å². The van der Waals surface area contributed by atoms with Crippen LogP contribution < -0.4 is 5.73 Å². The Balaban J connectivity index is 2.64. The Hall–Kier alpha value is -1.30. The minimum Gasteiger partial charge on any atom is -0.387 e. The first kappa shape index (κ1) is 5.83. The molecular formula is C6H7N3. The zero-order chi connectivity index (χ0) is 6.69. The second kappa shape index (κ2) is 2.31. The predicted molar refractivity (Wildman–Crippen MR) is 34.5 cm³/mol. The number of nitriles is 1. The molecule has 0 fully saturated rings. The number of allylic oxidation sites excluding steroid dienone is 1. The maximum Gasteiger partial charge on any atom is 0.100 e. The van der Waals surface area contributed by atoms with Crippen LogP contribution in [0.2, 0.25) is 0 Å². The van der Waals surface area contributed by atoms with Gasteiger partial charge in [0.25, 0.3) is 0 Å². The SMILES string of the molecule is N#CC1C=CN=C(N)C1. The first-order valence-electron chi connectivity index (χ1n) is 2.71. The van der Waals surface area contributed by atoms with Gasteiger partial charge in [0, 0.05) is 12.6 Å². The normalized spacial score (nSPS) is 24.8. The van der Waals surface area contributed by atoms with Crippen molar-refractivity contribution in [1.82, 2.24) is 0 Å². The Morgan fingerprint density at radius 1 is 1.89 bits per heavy atom. The molecular weight excluding hydrogens is 114 g/mol. The smallest absolute Gasteiger partial charge is 0.100 e. The summed E-state index contributed by atoms with van der Waals surface area (Å²) in [5.74, 6) is 0.478. The molecule has 3 heteroatoms. The zero-order valence-electron chi connectivity index (χ0n) is 4.91. The molecule has 0 saturated heterocycles. The number of amidine groups is 1. The number of aliphatic imine (C=N–C) groups is 1. The van der Waals surface area contributed by atoms with Crippen LogP contribution in [0.3, 0.4) is 0 Å². The molecule has 1 unspecified atom stereocenters. The number of nitrogens with zero attached hydrogens (tertiary/aromatic N) is 2. The fourth-order valence-electron chi connectivity index (χ4n) is 0.677. The van der Waals surface area contributed by atoms with Crippen LogP contribution in [0, 0.1) is 17.2 Å². The summed E-state index contributed by atoms with van der Waals surface area (Å²) >= 11 is 0. The number of hydrogen-bond acceptors (Lipinski definition) is 3. The van der Waals surface area contributed by atoms with Gasteiger partial charge in [0.1, 0.15) is 5.84 Å². The fraction of sp³-hybridized carbons (Fsp3) is 0.333. The molecule has 0 radical (unpaired) electrons. The van der Waals surface area contributed by atoms with Gasteiger partial charge >= 0.3 is 0 Å². The Morgan fingerprint density at radius 2 is 2.67 bits per heavy atom. The Morgan fingerprint density at radius 3 is 3.11 bits per heavy atom. The van der Waals surface area contributed by atoms with Crippen LogP contribution in [0.25, 0.3) is 0 Å². The minimum absolute atomic E-state index is 0.0671. The maximum atomic E-state index is 8.40. The van der Waals surface area contributed by atoms with Crippen LogP contribution in [0.5, 0.6) is 0 Å². The molecule has 1 heterocycles. The van der Waals surface area contributed by atoms with E-state index in [1.807, 2.05) is 0 Å². The summed E-state index contributed by atoms with van der Waals surface area (Å²) in [5, 5.41) is 8.40. The van der Waals surface area contributed by atoms with E-state index in [0.29, 0.717) is 12.3 Å². The molecule has 0 aliphatic carbocycles. The number of rotatable bonds is 0. The summed E-state index contributed by atoms with van der Waals surface area (Å²) in [6, 6.07) is 2.09. The van der Waals surface area contributed by atoms with E-state index >= 15 is 0 Å². The molecule has 1 atom stereocenters. The first-order chi connectivity index (χ1) is 4.33. The molecule has 2 N–H and O–H groups in total. The average Bonchev–Trinajstić information content (AvgIpc) is 1.88. The molecule has 1 aliphatic heterocycles. The third kappa shape index (κ3) is 1.29. The molecule has 0 aromatic carbocycles. The van der Waals surface area contributed by atoms with Gasteiger partial charge < -0.3 is 5.73 Å². The summed E-state index contributed by atoms with van der Waals surface area (Å²) in [6.45, 7) is 0. The van der Waals surface area contributed by atoms with Crippen molar-refractivity contribution >= 4 is 5.84 Å². The molecule has 0 saturated carbocycles. The van der Waals surface area contributed by atoms with E-state index in [4.69, 9.17) is 11.0 Å². The average molecular weight is 121 g/mol. The van der Waals surface area contributed by atoms with E-state index in [1.54, 1.807) is 12.3 Å². The van der Waals surface area contributed by atoms with Crippen molar-refractivity contribution in [3.8, 4) is 6.07 Å².